The summed E-state index contributed by atoms with van der Waals surface area (Å²) in [7, 11) is 0. The highest BCUT2D eigenvalue weighted by atomic mass is 16.6. The number of carbonyl (C=O) groups is 3. The molecule has 0 radical (unpaired) electrons. The Hall–Kier alpha value is -3.35. The molecule has 1 aliphatic rings. The van der Waals surface area contributed by atoms with Crippen molar-refractivity contribution < 1.29 is 23.9 Å². The number of hydrogen-bond acceptors (Lipinski definition) is 5. The van der Waals surface area contributed by atoms with Gasteiger partial charge in [0, 0.05) is 5.92 Å². The van der Waals surface area contributed by atoms with Gasteiger partial charge >= 0.3 is 12.1 Å². The Balaban J connectivity index is 1.54. The highest BCUT2D eigenvalue weighted by Crippen LogP contribution is 2.44. The van der Waals surface area contributed by atoms with Gasteiger partial charge in [-0.05, 0) is 56.9 Å². The number of esters is 1. The minimum absolute atomic E-state index is 0.0653. The Bertz CT molecular complexity index is 966. The fraction of sp³-hybridized carbons (Fsp3) is 0.400. The monoisotopic (exact) mass is 438 g/mol. The Labute approximate surface area is 188 Å². The smallest absolute Gasteiger partial charge is 0.407 e. The van der Waals surface area contributed by atoms with Gasteiger partial charge in [0.05, 0.1) is 0 Å². The average Bonchev–Trinajstić information content (AvgIpc) is 3.04. The second-order valence-corrected chi connectivity index (χ2v) is 8.96. The molecule has 1 aliphatic carbocycles. The number of amides is 2. The second kappa shape index (κ2) is 9.42. The lowest BCUT2D eigenvalue weighted by Gasteiger charge is -2.23. The molecule has 7 nitrogen and oxygen atoms in total. The van der Waals surface area contributed by atoms with Gasteiger partial charge in [0.25, 0.3) is 0 Å². The maximum absolute atomic E-state index is 12.4. The molecule has 3 rings (SSSR count). The van der Waals surface area contributed by atoms with Crippen LogP contribution in [0.3, 0.4) is 0 Å². The van der Waals surface area contributed by atoms with Crippen molar-refractivity contribution in [1.29, 1.82) is 0 Å². The van der Waals surface area contributed by atoms with Gasteiger partial charge in [-0.2, -0.15) is 0 Å². The van der Waals surface area contributed by atoms with Gasteiger partial charge in [0.1, 0.15) is 24.3 Å². The fourth-order valence-corrected chi connectivity index (χ4v) is 3.67. The molecule has 2 amide bonds. The summed E-state index contributed by atoms with van der Waals surface area (Å²) >= 11 is 0. The number of hydrogen-bond donors (Lipinski definition) is 2. The van der Waals surface area contributed by atoms with Crippen molar-refractivity contribution in [2.75, 3.05) is 6.61 Å². The predicted octanol–water partition coefficient (Wildman–Crippen LogP) is 3.76. The van der Waals surface area contributed by atoms with Gasteiger partial charge in [-0.15, -0.1) is 0 Å². The first-order valence-electron chi connectivity index (χ1n) is 10.7. The SMILES string of the molecule is CC(NC(=O)OCC1c2ccccc2-c2ccccc21)C(=O)NC(C)C(=O)OC(C)(C)C. The van der Waals surface area contributed by atoms with Gasteiger partial charge in [-0.25, -0.2) is 9.59 Å². The number of nitrogens with one attached hydrogen (secondary N) is 2. The van der Waals surface area contributed by atoms with E-state index in [2.05, 4.69) is 22.8 Å². The molecule has 0 spiro atoms. The predicted molar refractivity (Wildman–Crippen MR) is 121 cm³/mol. The van der Waals surface area contributed by atoms with Gasteiger partial charge in [-0.1, -0.05) is 48.5 Å². The minimum atomic E-state index is -0.879. The molecular formula is C25H30N2O5. The van der Waals surface area contributed by atoms with Crippen LogP contribution in [0.5, 0.6) is 0 Å². The van der Waals surface area contributed by atoms with Crippen LogP contribution in [0.15, 0.2) is 48.5 Å². The van der Waals surface area contributed by atoms with Gasteiger partial charge in [0.2, 0.25) is 5.91 Å². The number of rotatable bonds is 6. The third kappa shape index (κ3) is 5.46. The molecule has 0 saturated carbocycles. The maximum Gasteiger partial charge on any atom is 0.407 e. The minimum Gasteiger partial charge on any atom is -0.458 e. The van der Waals surface area contributed by atoms with Crippen molar-refractivity contribution in [2.45, 2.75) is 58.2 Å². The molecule has 32 heavy (non-hydrogen) atoms. The number of ether oxygens (including phenoxy) is 2. The van der Waals surface area contributed by atoms with Crippen LogP contribution < -0.4 is 10.6 Å². The van der Waals surface area contributed by atoms with Crippen LogP contribution in [0.1, 0.15) is 51.7 Å². The molecule has 2 aromatic carbocycles. The Morgan fingerprint density at radius 3 is 1.94 bits per heavy atom. The van der Waals surface area contributed by atoms with Crippen LogP contribution in [-0.4, -0.2) is 42.3 Å². The molecular weight excluding hydrogens is 408 g/mol. The van der Waals surface area contributed by atoms with E-state index in [9.17, 15) is 14.4 Å². The van der Waals surface area contributed by atoms with E-state index in [4.69, 9.17) is 9.47 Å². The number of benzene rings is 2. The molecule has 2 atom stereocenters. The lowest BCUT2D eigenvalue weighted by atomic mass is 9.98. The Morgan fingerprint density at radius 1 is 0.875 bits per heavy atom. The first-order valence-corrected chi connectivity index (χ1v) is 10.7. The van der Waals surface area contributed by atoms with Crippen molar-refractivity contribution in [1.82, 2.24) is 10.6 Å². The molecule has 2 aromatic rings. The quantitative estimate of drug-likeness (QED) is 0.670. The summed E-state index contributed by atoms with van der Waals surface area (Å²) in [6.07, 6.45) is -0.695. The summed E-state index contributed by atoms with van der Waals surface area (Å²) in [4.78, 5) is 36.7. The van der Waals surface area contributed by atoms with Crippen molar-refractivity contribution in [3.05, 3.63) is 59.7 Å². The molecule has 170 valence electrons. The molecule has 2 N–H and O–H groups in total. The van der Waals surface area contributed by atoms with Crippen LogP contribution in [0.25, 0.3) is 11.1 Å². The fourth-order valence-electron chi connectivity index (χ4n) is 3.67. The lowest BCUT2D eigenvalue weighted by Crippen LogP contribution is -2.50. The zero-order chi connectivity index (χ0) is 23.5. The highest BCUT2D eigenvalue weighted by molar-refractivity contribution is 5.89. The van der Waals surface area contributed by atoms with Crippen LogP contribution in [0.2, 0.25) is 0 Å². The topological polar surface area (TPSA) is 93.7 Å². The zero-order valence-corrected chi connectivity index (χ0v) is 19.1. The van der Waals surface area contributed by atoms with Crippen molar-refractivity contribution in [3.63, 3.8) is 0 Å². The van der Waals surface area contributed by atoms with Gasteiger partial charge in [-0.3, -0.25) is 4.79 Å². The molecule has 0 fully saturated rings. The van der Waals surface area contributed by atoms with E-state index in [1.807, 2.05) is 36.4 Å². The first kappa shape index (κ1) is 23.3. The zero-order valence-electron chi connectivity index (χ0n) is 19.1. The summed E-state index contributed by atoms with van der Waals surface area (Å²) in [5.74, 6) is -1.11. The average molecular weight is 439 g/mol. The van der Waals surface area contributed by atoms with E-state index in [0.29, 0.717) is 0 Å². The summed E-state index contributed by atoms with van der Waals surface area (Å²) in [6.45, 7) is 8.47. The normalized spacial score (nSPS) is 14.5. The van der Waals surface area contributed by atoms with Crippen LogP contribution in [0.4, 0.5) is 4.79 Å². The lowest BCUT2D eigenvalue weighted by molar-refractivity contribution is -0.158. The maximum atomic E-state index is 12.4. The first-order chi connectivity index (χ1) is 15.1. The van der Waals surface area contributed by atoms with E-state index < -0.39 is 35.7 Å². The van der Waals surface area contributed by atoms with E-state index >= 15 is 0 Å². The van der Waals surface area contributed by atoms with Crippen molar-refractivity contribution in [2.24, 2.45) is 0 Å². The van der Waals surface area contributed by atoms with Crippen LogP contribution >= 0.6 is 0 Å². The van der Waals surface area contributed by atoms with Crippen molar-refractivity contribution >= 4 is 18.0 Å². The molecule has 0 heterocycles. The largest absolute Gasteiger partial charge is 0.458 e. The Kier molecular flexibility index (Phi) is 6.87. The van der Waals surface area contributed by atoms with Gasteiger partial charge in [0.15, 0.2) is 0 Å². The highest BCUT2D eigenvalue weighted by Gasteiger charge is 2.30. The summed E-state index contributed by atoms with van der Waals surface area (Å²) in [5, 5.41) is 5.07. The third-order valence-electron chi connectivity index (χ3n) is 5.19. The molecule has 0 aromatic heterocycles. The molecule has 2 unspecified atom stereocenters. The van der Waals surface area contributed by atoms with E-state index in [1.165, 1.54) is 13.8 Å². The van der Waals surface area contributed by atoms with Gasteiger partial charge < -0.3 is 20.1 Å². The van der Waals surface area contributed by atoms with E-state index in [1.54, 1.807) is 20.8 Å². The van der Waals surface area contributed by atoms with Crippen LogP contribution in [0, 0.1) is 0 Å². The number of alkyl carbamates (subject to hydrolysis) is 1. The number of carbonyl (C=O) groups excluding carboxylic acids is 3. The molecule has 7 heteroatoms. The standard InChI is InChI=1S/C25H30N2O5/c1-15(22(28)26-16(2)23(29)32-25(3,4)5)27-24(30)31-14-21-19-12-8-6-10-17(19)18-11-7-9-13-20(18)21/h6-13,15-16,21H,14H2,1-5H3,(H,26,28)(H,27,30). The molecule has 0 saturated heterocycles. The summed E-state index contributed by atoms with van der Waals surface area (Å²) < 4.78 is 10.7. The Morgan fingerprint density at radius 2 is 1.41 bits per heavy atom. The van der Waals surface area contributed by atoms with Crippen molar-refractivity contribution in [3.8, 4) is 11.1 Å². The molecule has 0 aliphatic heterocycles. The summed E-state index contributed by atoms with van der Waals surface area (Å²) in [6, 6.07) is 14.4. The van der Waals surface area contributed by atoms with Crippen LogP contribution in [-0.2, 0) is 19.1 Å². The summed E-state index contributed by atoms with van der Waals surface area (Å²) in [5.41, 5.74) is 3.85. The van der Waals surface area contributed by atoms with E-state index in [0.717, 1.165) is 22.3 Å². The molecule has 0 bridgehead atoms. The third-order valence-corrected chi connectivity index (χ3v) is 5.19. The second-order valence-electron chi connectivity index (χ2n) is 8.96. The number of fused-ring (bicyclic) bond motifs is 3. The van der Waals surface area contributed by atoms with E-state index in [-0.39, 0.29) is 12.5 Å².